The summed E-state index contributed by atoms with van der Waals surface area (Å²) in [6.07, 6.45) is 1.46. The van der Waals surface area contributed by atoms with Crippen LogP contribution in [0.25, 0.3) is 0 Å². The number of nitrogens with zero attached hydrogens (tertiary/aromatic N) is 1. The molecule has 0 bridgehead atoms. The van der Waals surface area contributed by atoms with Crippen molar-refractivity contribution < 1.29 is 23.5 Å². The molecule has 0 aromatic heterocycles. The lowest BCUT2D eigenvalue weighted by atomic mass is 10.0. The van der Waals surface area contributed by atoms with Crippen molar-refractivity contribution >= 4 is 49.9 Å². The number of carbonyl (C=O) groups excluding carboxylic acids is 2. The number of amides is 2. The van der Waals surface area contributed by atoms with Gasteiger partial charge in [-0.2, -0.15) is 5.10 Å². The van der Waals surface area contributed by atoms with Crippen molar-refractivity contribution in [3.63, 3.8) is 0 Å². The average molecular weight is 635 g/mol. The third kappa shape index (κ3) is 8.13. The zero-order chi connectivity index (χ0) is 26.9. The predicted molar refractivity (Wildman–Crippen MR) is 147 cm³/mol. The van der Waals surface area contributed by atoms with Gasteiger partial charge in [-0.25, -0.2) is 9.82 Å². The van der Waals surface area contributed by atoms with Crippen LogP contribution in [-0.2, 0) is 11.4 Å². The lowest BCUT2D eigenvalue weighted by molar-refractivity contribution is -0.123. The minimum Gasteiger partial charge on any atom is -0.493 e. The second kappa shape index (κ2) is 13.3. The predicted octanol–water partition coefficient (Wildman–Crippen LogP) is 5.84. The number of ether oxygens (including phenoxy) is 2. The van der Waals surface area contributed by atoms with Gasteiger partial charge in [-0.15, -0.1) is 0 Å². The Balaban J connectivity index is 1.65. The third-order valence-electron chi connectivity index (χ3n) is 5.28. The molecule has 0 radical (unpaired) electrons. The number of methoxy groups -OCH3 is 1. The summed E-state index contributed by atoms with van der Waals surface area (Å²) in [5.74, 6) is -0.597. The van der Waals surface area contributed by atoms with Crippen LogP contribution in [0.2, 0.25) is 0 Å². The molecule has 7 nitrogen and oxygen atoms in total. The quantitative estimate of drug-likeness (QED) is 0.217. The number of benzene rings is 3. The number of rotatable bonds is 10. The smallest absolute Gasteiger partial charge is 0.262 e. The Morgan fingerprint density at radius 2 is 1.73 bits per heavy atom. The topological polar surface area (TPSA) is 89.0 Å². The largest absolute Gasteiger partial charge is 0.493 e. The summed E-state index contributed by atoms with van der Waals surface area (Å²) in [5, 5.41) is 6.71. The van der Waals surface area contributed by atoms with Crippen molar-refractivity contribution in [2.24, 2.45) is 11.0 Å². The molecule has 0 aliphatic carbocycles. The molecule has 0 heterocycles. The van der Waals surface area contributed by atoms with Crippen LogP contribution in [-0.4, -0.2) is 31.2 Å². The van der Waals surface area contributed by atoms with E-state index in [1.807, 2.05) is 24.3 Å². The van der Waals surface area contributed by atoms with E-state index in [1.54, 1.807) is 26.0 Å². The van der Waals surface area contributed by atoms with Gasteiger partial charge in [0.05, 0.1) is 17.8 Å². The molecule has 37 heavy (non-hydrogen) atoms. The maximum absolute atomic E-state index is 13.1. The van der Waals surface area contributed by atoms with Crippen LogP contribution in [0, 0.1) is 11.7 Å². The Bertz CT molecular complexity index is 1270. The summed E-state index contributed by atoms with van der Waals surface area (Å²) in [5.41, 5.74) is 4.36. The first-order valence-corrected chi connectivity index (χ1v) is 12.9. The standard InChI is InChI=1S/C27H26Br2FN3O4/c1-16(2)24(32-26(34)19-6-10-21(30)11-7-19)27(35)33-31-14-18-12-22(29)25(23(13-18)36-3)37-15-17-4-8-20(28)9-5-17/h4-14,16,24H,15H2,1-3H3,(H,32,34)(H,33,35). The Kier molecular flexibility index (Phi) is 10.2. The van der Waals surface area contributed by atoms with Gasteiger partial charge in [-0.1, -0.05) is 41.9 Å². The summed E-state index contributed by atoms with van der Waals surface area (Å²) in [7, 11) is 1.54. The second-order valence-corrected chi connectivity index (χ2v) is 10.2. The van der Waals surface area contributed by atoms with Crippen molar-refractivity contribution in [1.29, 1.82) is 0 Å². The van der Waals surface area contributed by atoms with Gasteiger partial charge in [-0.3, -0.25) is 9.59 Å². The molecule has 2 N–H and O–H groups in total. The van der Waals surface area contributed by atoms with Gasteiger partial charge in [0.1, 0.15) is 18.5 Å². The molecule has 10 heteroatoms. The van der Waals surface area contributed by atoms with E-state index < -0.39 is 23.7 Å². The highest BCUT2D eigenvalue weighted by molar-refractivity contribution is 9.10. The lowest BCUT2D eigenvalue weighted by Crippen LogP contribution is -2.48. The summed E-state index contributed by atoms with van der Waals surface area (Å²) in [6.45, 7) is 3.95. The van der Waals surface area contributed by atoms with Crippen LogP contribution in [0.3, 0.4) is 0 Å². The number of halogens is 3. The first kappa shape index (κ1) is 28.3. The van der Waals surface area contributed by atoms with Crippen LogP contribution in [0.5, 0.6) is 11.5 Å². The Labute approximate surface area is 231 Å². The molecule has 0 saturated heterocycles. The van der Waals surface area contributed by atoms with Crippen molar-refractivity contribution in [1.82, 2.24) is 10.7 Å². The molecule has 1 unspecified atom stereocenters. The van der Waals surface area contributed by atoms with Gasteiger partial charge in [0, 0.05) is 10.0 Å². The maximum Gasteiger partial charge on any atom is 0.262 e. The number of carbonyl (C=O) groups is 2. The highest BCUT2D eigenvalue weighted by atomic mass is 79.9. The molecular weight excluding hydrogens is 609 g/mol. The molecule has 0 aliphatic rings. The normalized spacial score (nSPS) is 11.9. The van der Waals surface area contributed by atoms with Gasteiger partial charge < -0.3 is 14.8 Å². The van der Waals surface area contributed by atoms with Gasteiger partial charge in [0.25, 0.3) is 11.8 Å². The fraction of sp³-hybridized carbons (Fsp3) is 0.222. The molecule has 0 saturated carbocycles. The summed E-state index contributed by atoms with van der Waals surface area (Å²) in [6, 6.07) is 15.6. The maximum atomic E-state index is 13.1. The molecule has 3 aromatic rings. The molecule has 194 valence electrons. The monoisotopic (exact) mass is 633 g/mol. The highest BCUT2D eigenvalue weighted by Crippen LogP contribution is 2.37. The minimum absolute atomic E-state index is 0.212. The van der Waals surface area contributed by atoms with Gasteiger partial charge in [0.15, 0.2) is 11.5 Å². The molecule has 2 amide bonds. The average Bonchev–Trinajstić information content (AvgIpc) is 2.87. The number of nitrogens with one attached hydrogen (secondary N) is 2. The van der Waals surface area contributed by atoms with Crippen molar-refractivity contribution in [3.05, 3.63) is 92.1 Å². The fourth-order valence-corrected chi connectivity index (χ4v) is 4.13. The zero-order valence-corrected chi connectivity index (χ0v) is 23.6. The summed E-state index contributed by atoms with van der Waals surface area (Å²) < 4.78 is 26.2. The van der Waals surface area contributed by atoms with Crippen LogP contribution >= 0.6 is 31.9 Å². The fourth-order valence-electron chi connectivity index (χ4n) is 3.29. The van der Waals surface area contributed by atoms with Crippen molar-refractivity contribution in [2.75, 3.05) is 7.11 Å². The zero-order valence-electron chi connectivity index (χ0n) is 20.4. The van der Waals surface area contributed by atoms with Crippen LogP contribution in [0.4, 0.5) is 4.39 Å². The van der Waals surface area contributed by atoms with E-state index in [0.29, 0.717) is 28.1 Å². The number of hydrogen-bond acceptors (Lipinski definition) is 5. The highest BCUT2D eigenvalue weighted by Gasteiger charge is 2.24. The van der Waals surface area contributed by atoms with Crippen LogP contribution < -0.4 is 20.2 Å². The van der Waals surface area contributed by atoms with E-state index >= 15 is 0 Å². The van der Waals surface area contributed by atoms with Gasteiger partial charge >= 0.3 is 0 Å². The molecule has 3 rings (SSSR count). The molecule has 3 aromatic carbocycles. The Morgan fingerprint density at radius 3 is 2.35 bits per heavy atom. The summed E-state index contributed by atoms with van der Waals surface area (Å²) in [4.78, 5) is 25.2. The van der Waals surface area contributed by atoms with Gasteiger partial charge in [-0.05, 0) is 81.5 Å². The first-order valence-electron chi connectivity index (χ1n) is 11.3. The molecule has 0 spiro atoms. The van der Waals surface area contributed by atoms with E-state index in [0.717, 1.165) is 10.0 Å². The third-order valence-corrected chi connectivity index (χ3v) is 6.40. The van der Waals surface area contributed by atoms with E-state index in [-0.39, 0.29) is 11.5 Å². The van der Waals surface area contributed by atoms with Gasteiger partial charge in [0.2, 0.25) is 0 Å². The van der Waals surface area contributed by atoms with Crippen LogP contribution in [0.15, 0.2) is 74.7 Å². The second-order valence-electron chi connectivity index (χ2n) is 8.39. The van der Waals surface area contributed by atoms with Crippen molar-refractivity contribution in [2.45, 2.75) is 26.5 Å². The Hall–Kier alpha value is -3.24. The molecular formula is C27H26Br2FN3O4. The van der Waals surface area contributed by atoms with E-state index in [4.69, 9.17) is 9.47 Å². The van der Waals surface area contributed by atoms with E-state index in [1.165, 1.54) is 37.6 Å². The number of hydrogen-bond donors (Lipinski definition) is 2. The SMILES string of the molecule is COc1cc(C=NNC(=O)C(NC(=O)c2ccc(F)cc2)C(C)C)cc(Br)c1OCc1ccc(Br)cc1. The molecule has 0 fully saturated rings. The minimum atomic E-state index is -0.842. The molecule has 1 atom stereocenters. The Morgan fingerprint density at radius 1 is 1.05 bits per heavy atom. The molecule has 0 aliphatic heterocycles. The van der Waals surface area contributed by atoms with Crippen LogP contribution in [0.1, 0.15) is 35.3 Å². The first-order chi connectivity index (χ1) is 17.7. The van der Waals surface area contributed by atoms with E-state index in [2.05, 4.69) is 47.7 Å². The lowest BCUT2D eigenvalue weighted by Gasteiger charge is -2.20. The number of hydrazone groups is 1. The van der Waals surface area contributed by atoms with Crippen molar-refractivity contribution in [3.8, 4) is 11.5 Å². The van der Waals surface area contributed by atoms with E-state index in [9.17, 15) is 14.0 Å². The summed E-state index contributed by atoms with van der Waals surface area (Å²) >= 11 is 6.92.